The maximum Gasteiger partial charge on any atom is 0.231 e. The number of ether oxygens (including phenoxy) is 3. The largest absolute Gasteiger partial charge is 0.493 e. The van der Waals surface area contributed by atoms with E-state index in [2.05, 4.69) is 0 Å². The number of rotatable bonds is 4. The lowest BCUT2D eigenvalue weighted by Crippen LogP contribution is -2.38. The van der Waals surface area contributed by atoms with E-state index in [1.165, 1.54) is 6.07 Å². The number of fused-ring (bicyclic) bond motifs is 1. The lowest BCUT2D eigenvalue weighted by atomic mass is 9.81. The summed E-state index contributed by atoms with van der Waals surface area (Å²) in [6.07, 6.45) is -3.47. The Hall–Kier alpha value is -2.27. The average molecular weight is 341 g/mol. The summed E-state index contributed by atoms with van der Waals surface area (Å²) >= 11 is 0. The first-order valence-electron chi connectivity index (χ1n) is 13.0. The third kappa shape index (κ3) is 3.17. The fraction of sp³-hybridized carbons (Fsp3) is 0.368. The van der Waals surface area contributed by atoms with Crippen LogP contribution in [0.1, 0.15) is 34.3 Å². The summed E-state index contributed by atoms with van der Waals surface area (Å²) in [5.74, 6) is -8.39. The van der Waals surface area contributed by atoms with E-state index >= 15 is 0 Å². The van der Waals surface area contributed by atoms with Crippen LogP contribution in [0.3, 0.4) is 0 Å². The molecule has 1 fully saturated rings. The fourth-order valence-electron chi connectivity index (χ4n) is 2.16. The lowest BCUT2D eigenvalue weighted by Gasteiger charge is -2.32. The summed E-state index contributed by atoms with van der Waals surface area (Å²) < 4.78 is 129. The summed E-state index contributed by atoms with van der Waals surface area (Å²) in [4.78, 5) is 0. The Labute approximate surface area is 157 Å². The first-order chi connectivity index (χ1) is 16.2. The van der Waals surface area contributed by atoms with E-state index < -0.39 is 61.6 Å². The van der Waals surface area contributed by atoms with Crippen LogP contribution in [0, 0.1) is 11.7 Å². The van der Waals surface area contributed by atoms with Gasteiger partial charge in [0.25, 0.3) is 0 Å². The Balaban J connectivity index is 1.89. The van der Waals surface area contributed by atoms with Crippen LogP contribution in [0.5, 0.6) is 17.2 Å². The molecule has 0 saturated carbocycles. The van der Waals surface area contributed by atoms with Crippen molar-refractivity contribution in [2.45, 2.75) is 12.3 Å². The van der Waals surface area contributed by atoms with Crippen LogP contribution in [0.4, 0.5) is 4.39 Å². The van der Waals surface area contributed by atoms with E-state index in [1.807, 2.05) is 0 Å². The second-order valence-corrected chi connectivity index (χ2v) is 4.86. The van der Waals surface area contributed by atoms with E-state index in [4.69, 9.17) is 30.7 Å². The maximum absolute atomic E-state index is 13.6. The van der Waals surface area contributed by atoms with Crippen LogP contribution < -0.4 is 19.5 Å². The number of benzene rings is 2. The smallest absolute Gasteiger partial charge is 0.231 e. The lowest BCUT2D eigenvalue weighted by molar-refractivity contribution is 0.173. The van der Waals surface area contributed by atoms with Gasteiger partial charge in [0.05, 0.1) is 9.30 Å². The van der Waals surface area contributed by atoms with Gasteiger partial charge in [0, 0.05) is 29.4 Å². The molecule has 0 bridgehead atoms. The quantitative estimate of drug-likeness (QED) is 0.926. The molecule has 1 saturated heterocycles. The molecule has 0 spiro atoms. The molecule has 0 radical (unpaired) electrons. The van der Waals surface area contributed by atoms with Gasteiger partial charge in [-0.15, -0.1) is 0 Å². The second-order valence-electron chi connectivity index (χ2n) is 4.86. The van der Waals surface area contributed by atoms with Crippen molar-refractivity contribution >= 4 is 0 Å². The minimum absolute atomic E-state index is 0.0474. The molecule has 2 aromatic carbocycles. The van der Waals surface area contributed by atoms with Crippen LogP contribution in [0.15, 0.2) is 42.5 Å². The molecule has 126 valence electrons. The number of hydrogen-bond donors (Lipinski definition) is 1. The van der Waals surface area contributed by atoms with Gasteiger partial charge in [0.2, 0.25) is 6.75 Å². The molecule has 2 aliphatic heterocycles. The Kier molecular flexibility index (Phi) is 1.93. The van der Waals surface area contributed by atoms with Gasteiger partial charge in [0.15, 0.2) is 11.5 Å². The summed E-state index contributed by atoms with van der Waals surface area (Å²) in [5, 5.41) is 1.69. The van der Waals surface area contributed by atoms with Crippen molar-refractivity contribution in [1.82, 2.24) is 5.32 Å². The van der Waals surface area contributed by atoms with Gasteiger partial charge in [-0.3, -0.25) is 0 Å². The standard InChI is InChI=1S/C19H20FNO3/c20-15-3-1-13(2-4-15)17-7-8-21-10-14(17)11-22-16-5-6-18-19(9-16)24-12-23-18/h1-6,9,14,17,21H,7-8,10-12H2/t14?,17-/m0/s1/i7D2,8D2,10D2,11D2,12D2,14D,17D. The van der Waals surface area contributed by atoms with Gasteiger partial charge >= 0.3 is 0 Å². The Morgan fingerprint density at radius 1 is 1.25 bits per heavy atom. The molecule has 1 unspecified atom stereocenters. The highest BCUT2D eigenvalue weighted by Crippen LogP contribution is 2.36. The van der Waals surface area contributed by atoms with Crippen LogP contribution in [-0.4, -0.2) is 26.3 Å². The number of piperidine rings is 1. The minimum atomic E-state index is -3.58. The number of hydrogen-bond acceptors (Lipinski definition) is 4. The summed E-state index contributed by atoms with van der Waals surface area (Å²) in [6.45, 7) is -12.8. The first kappa shape index (κ1) is 6.92. The maximum atomic E-state index is 13.6. The molecule has 0 aromatic heterocycles. The topological polar surface area (TPSA) is 39.7 Å². The van der Waals surface area contributed by atoms with Gasteiger partial charge < -0.3 is 19.5 Å². The van der Waals surface area contributed by atoms with Gasteiger partial charge in [-0.1, -0.05) is 12.1 Å². The SMILES string of the molecule is [2H]C1([2H])Oc2ccc(OC([2H])([2H])C3([2H])C([2H])([2H])NC([2H])([2H])C([2H])([2H])[C@@]3([2H])c3ccc(F)cc3)cc2O1. The van der Waals surface area contributed by atoms with Gasteiger partial charge in [-0.25, -0.2) is 4.39 Å². The Morgan fingerprint density at radius 3 is 2.96 bits per heavy atom. The zero-order valence-electron chi connectivity index (χ0n) is 24.1. The van der Waals surface area contributed by atoms with E-state index in [0.717, 1.165) is 36.4 Å². The van der Waals surface area contributed by atoms with E-state index in [0.29, 0.717) is 0 Å². The normalized spacial score (nSPS) is 44.9. The highest BCUT2D eigenvalue weighted by molar-refractivity contribution is 5.46. The van der Waals surface area contributed by atoms with Crippen molar-refractivity contribution in [3.8, 4) is 17.2 Å². The van der Waals surface area contributed by atoms with Crippen molar-refractivity contribution in [1.29, 1.82) is 0 Å². The molecule has 0 amide bonds. The molecule has 2 atom stereocenters. The van der Waals surface area contributed by atoms with Gasteiger partial charge in [0.1, 0.15) is 14.3 Å². The molecule has 0 aliphatic carbocycles. The second kappa shape index (κ2) is 6.69. The minimum Gasteiger partial charge on any atom is -0.493 e. The van der Waals surface area contributed by atoms with Crippen LogP contribution in [-0.2, 0) is 0 Å². The van der Waals surface area contributed by atoms with Crippen LogP contribution in [0.2, 0.25) is 0 Å². The zero-order valence-corrected chi connectivity index (χ0v) is 12.1. The highest BCUT2D eigenvalue weighted by atomic mass is 19.1. The third-order valence-corrected chi connectivity index (χ3v) is 3.31. The molecule has 24 heavy (non-hydrogen) atoms. The zero-order chi connectivity index (χ0) is 27.2. The molecular formula is C19H20FNO3. The highest BCUT2D eigenvalue weighted by Gasteiger charge is 2.27. The van der Waals surface area contributed by atoms with Crippen LogP contribution >= 0.6 is 0 Å². The van der Waals surface area contributed by atoms with Crippen LogP contribution in [0.25, 0.3) is 0 Å². The van der Waals surface area contributed by atoms with E-state index in [9.17, 15) is 4.39 Å². The molecule has 1 N–H and O–H groups in total. The molecule has 2 heterocycles. The molecule has 2 aliphatic rings. The molecular weight excluding hydrogens is 309 g/mol. The van der Waals surface area contributed by atoms with Crippen molar-refractivity contribution in [2.24, 2.45) is 5.89 Å². The molecule has 4 rings (SSSR count). The number of halogens is 1. The predicted molar refractivity (Wildman–Crippen MR) is 88.2 cm³/mol. The molecule has 2 aromatic rings. The summed E-state index contributed by atoms with van der Waals surface area (Å²) in [6, 6.07) is 6.61. The summed E-state index contributed by atoms with van der Waals surface area (Å²) in [5.41, 5.74) is -0.565. The van der Waals surface area contributed by atoms with Crippen molar-refractivity contribution in [3.63, 3.8) is 0 Å². The first-order valence-corrected chi connectivity index (χ1v) is 6.97. The molecule has 5 heteroatoms. The van der Waals surface area contributed by atoms with Crippen molar-refractivity contribution in [2.75, 3.05) is 26.3 Å². The van der Waals surface area contributed by atoms with Gasteiger partial charge in [-0.2, -0.15) is 0 Å². The molecule has 4 nitrogen and oxygen atoms in total. The average Bonchev–Trinajstić information content (AvgIpc) is 3.03. The number of nitrogens with one attached hydrogen (secondary N) is 1. The van der Waals surface area contributed by atoms with Crippen molar-refractivity contribution in [3.05, 3.63) is 53.8 Å². The van der Waals surface area contributed by atoms with E-state index in [1.54, 1.807) is 5.32 Å². The summed E-state index contributed by atoms with van der Waals surface area (Å²) in [7, 11) is 0. The van der Waals surface area contributed by atoms with E-state index in [-0.39, 0.29) is 11.5 Å². The fourth-order valence-corrected chi connectivity index (χ4v) is 2.16. The Bertz CT molecular complexity index is 1190. The predicted octanol–water partition coefficient (Wildman–Crippen LogP) is 3.33. The van der Waals surface area contributed by atoms with Gasteiger partial charge in [-0.05, 0) is 48.6 Å². The van der Waals surface area contributed by atoms with Crippen molar-refractivity contribution < 1.29 is 35.1 Å². The monoisotopic (exact) mass is 341 g/mol. The third-order valence-electron chi connectivity index (χ3n) is 3.31. The Morgan fingerprint density at radius 2 is 2.08 bits per heavy atom.